The summed E-state index contributed by atoms with van der Waals surface area (Å²) in [6.07, 6.45) is 0. The van der Waals surface area contributed by atoms with Crippen molar-refractivity contribution in [1.29, 1.82) is 5.26 Å². The molecular weight excluding hydrogens is 234 g/mol. The fourth-order valence-corrected chi connectivity index (χ4v) is 0.999. The summed E-state index contributed by atoms with van der Waals surface area (Å²) in [5.41, 5.74) is 0.519. The fourth-order valence-electron chi connectivity index (χ4n) is 0.999. The lowest BCUT2D eigenvalue weighted by molar-refractivity contribution is -0.120. The Labute approximate surface area is 104 Å². The molecule has 7 nitrogen and oxygen atoms in total. The van der Waals surface area contributed by atoms with Crippen LogP contribution in [0.4, 0.5) is 10.5 Å². The molecule has 1 aromatic rings. The van der Waals surface area contributed by atoms with Gasteiger partial charge in [0.15, 0.2) is 0 Å². The van der Waals surface area contributed by atoms with E-state index in [-0.39, 0.29) is 0 Å². The Balaban J connectivity index is 2.68. The lowest BCUT2D eigenvalue weighted by atomic mass is 10.3. The molecule has 18 heavy (non-hydrogen) atoms. The standard InChI is InChI=1S/C11H11N5O2/c1-13-11(18)14-10(17)9(7-12)16-15-8-5-3-2-4-6-8/h2-6,9H,1H3,(H2,13,14,17,18). The highest BCUT2D eigenvalue weighted by Crippen LogP contribution is 2.11. The van der Waals surface area contributed by atoms with Gasteiger partial charge in [-0.1, -0.05) is 18.2 Å². The van der Waals surface area contributed by atoms with Gasteiger partial charge in [-0.2, -0.15) is 15.5 Å². The monoisotopic (exact) mass is 245 g/mol. The minimum atomic E-state index is -1.36. The molecule has 0 spiro atoms. The number of urea groups is 1. The third-order valence-corrected chi connectivity index (χ3v) is 1.88. The summed E-state index contributed by atoms with van der Waals surface area (Å²) in [4.78, 5) is 22.3. The highest BCUT2D eigenvalue weighted by molar-refractivity contribution is 5.98. The average molecular weight is 245 g/mol. The topological polar surface area (TPSA) is 107 Å². The SMILES string of the molecule is CNC(=O)NC(=O)C(C#N)N=Nc1ccccc1. The molecule has 0 aromatic heterocycles. The quantitative estimate of drug-likeness (QED) is 0.779. The van der Waals surface area contributed by atoms with E-state index in [2.05, 4.69) is 15.5 Å². The molecule has 2 N–H and O–H groups in total. The van der Waals surface area contributed by atoms with Gasteiger partial charge in [0, 0.05) is 7.05 Å². The Morgan fingerprint density at radius 2 is 2.00 bits per heavy atom. The number of carbonyl (C=O) groups is 2. The number of azo groups is 1. The zero-order chi connectivity index (χ0) is 13.4. The second kappa shape index (κ2) is 6.75. The molecule has 0 radical (unpaired) electrons. The van der Waals surface area contributed by atoms with Crippen LogP contribution in [0.25, 0.3) is 0 Å². The molecule has 1 atom stereocenters. The van der Waals surface area contributed by atoms with Gasteiger partial charge in [-0.15, -0.1) is 0 Å². The second-order valence-electron chi connectivity index (χ2n) is 3.15. The van der Waals surface area contributed by atoms with E-state index < -0.39 is 18.0 Å². The number of hydrogen-bond acceptors (Lipinski definition) is 5. The molecule has 0 saturated heterocycles. The molecular formula is C11H11N5O2. The summed E-state index contributed by atoms with van der Waals surface area (Å²) < 4.78 is 0. The first kappa shape index (κ1) is 13.3. The van der Waals surface area contributed by atoms with Crippen molar-refractivity contribution in [2.75, 3.05) is 7.05 Å². The molecule has 0 aliphatic heterocycles. The van der Waals surface area contributed by atoms with E-state index >= 15 is 0 Å². The molecule has 0 aliphatic rings. The minimum Gasteiger partial charge on any atom is -0.341 e. The first-order valence-electron chi connectivity index (χ1n) is 5.05. The number of nitrogens with zero attached hydrogens (tertiary/aromatic N) is 3. The Morgan fingerprint density at radius 1 is 1.33 bits per heavy atom. The van der Waals surface area contributed by atoms with Gasteiger partial charge >= 0.3 is 6.03 Å². The summed E-state index contributed by atoms with van der Waals surface area (Å²) in [5, 5.41) is 20.2. The van der Waals surface area contributed by atoms with Crippen molar-refractivity contribution in [1.82, 2.24) is 10.6 Å². The average Bonchev–Trinajstić information content (AvgIpc) is 2.40. The molecule has 7 heteroatoms. The maximum absolute atomic E-state index is 11.4. The van der Waals surface area contributed by atoms with Gasteiger partial charge in [0.25, 0.3) is 5.91 Å². The second-order valence-corrected chi connectivity index (χ2v) is 3.15. The molecule has 1 aromatic carbocycles. The van der Waals surface area contributed by atoms with Crippen LogP contribution in [0, 0.1) is 11.3 Å². The Morgan fingerprint density at radius 3 is 2.56 bits per heavy atom. The summed E-state index contributed by atoms with van der Waals surface area (Å²) in [6.45, 7) is 0. The van der Waals surface area contributed by atoms with E-state index in [9.17, 15) is 9.59 Å². The van der Waals surface area contributed by atoms with Crippen LogP contribution >= 0.6 is 0 Å². The number of rotatable bonds is 3. The smallest absolute Gasteiger partial charge is 0.321 e. The van der Waals surface area contributed by atoms with E-state index in [1.165, 1.54) is 7.05 Å². The third-order valence-electron chi connectivity index (χ3n) is 1.88. The Bertz CT molecular complexity index is 492. The van der Waals surface area contributed by atoms with Crippen molar-refractivity contribution >= 4 is 17.6 Å². The van der Waals surface area contributed by atoms with Crippen molar-refractivity contribution in [3.8, 4) is 6.07 Å². The van der Waals surface area contributed by atoms with Crippen LogP contribution in [0.15, 0.2) is 40.6 Å². The lowest BCUT2D eigenvalue weighted by Crippen LogP contribution is -2.41. The molecule has 92 valence electrons. The predicted octanol–water partition coefficient (Wildman–Crippen LogP) is 1.12. The van der Waals surface area contributed by atoms with Crippen molar-refractivity contribution in [3.63, 3.8) is 0 Å². The van der Waals surface area contributed by atoms with Gasteiger partial charge in [0.2, 0.25) is 6.04 Å². The highest BCUT2D eigenvalue weighted by atomic mass is 16.2. The number of nitriles is 1. The molecule has 0 fully saturated rings. The zero-order valence-electron chi connectivity index (χ0n) is 9.62. The van der Waals surface area contributed by atoms with Crippen LogP contribution in [-0.2, 0) is 4.79 Å². The van der Waals surface area contributed by atoms with E-state index in [0.29, 0.717) is 5.69 Å². The molecule has 0 saturated carbocycles. The fraction of sp³-hybridized carbons (Fsp3) is 0.182. The number of nitrogens with one attached hydrogen (secondary N) is 2. The maximum Gasteiger partial charge on any atom is 0.321 e. The van der Waals surface area contributed by atoms with E-state index in [1.807, 2.05) is 5.32 Å². The number of amides is 3. The van der Waals surface area contributed by atoms with Gasteiger partial charge in [-0.05, 0) is 12.1 Å². The molecule has 0 heterocycles. The molecule has 0 aliphatic carbocycles. The molecule has 1 rings (SSSR count). The number of benzene rings is 1. The number of carbonyl (C=O) groups excluding carboxylic acids is 2. The first-order chi connectivity index (χ1) is 8.67. The normalized spacial score (nSPS) is 11.6. The first-order valence-corrected chi connectivity index (χ1v) is 5.05. The van der Waals surface area contributed by atoms with Gasteiger partial charge in [-0.25, -0.2) is 4.79 Å². The molecule has 1 unspecified atom stereocenters. The predicted molar refractivity (Wildman–Crippen MR) is 63.0 cm³/mol. The van der Waals surface area contributed by atoms with Gasteiger partial charge < -0.3 is 5.32 Å². The number of hydrogen-bond donors (Lipinski definition) is 2. The van der Waals surface area contributed by atoms with Crippen molar-refractivity contribution in [3.05, 3.63) is 30.3 Å². The van der Waals surface area contributed by atoms with Crippen LogP contribution in [-0.4, -0.2) is 25.0 Å². The van der Waals surface area contributed by atoms with Crippen LogP contribution < -0.4 is 10.6 Å². The van der Waals surface area contributed by atoms with Crippen LogP contribution in [0.3, 0.4) is 0 Å². The highest BCUT2D eigenvalue weighted by Gasteiger charge is 2.18. The van der Waals surface area contributed by atoms with E-state index in [1.54, 1.807) is 36.4 Å². The maximum atomic E-state index is 11.4. The van der Waals surface area contributed by atoms with Crippen molar-refractivity contribution < 1.29 is 9.59 Å². The van der Waals surface area contributed by atoms with E-state index in [4.69, 9.17) is 5.26 Å². The van der Waals surface area contributed by atoms with Crippen molar-refractivity contribution in [2.24, 2.45) is 10.2 Å². The van der Waals surface area contributed by atoms with Gasteiger partial charge in [0.05, 0.1) is 5.69 Å². The van der Waals surface area contributed by atoms with Gasteiger partial charge in [-0.3, -0.25) is 10.1 Å². The number of imide groups is 1. The summed E-state index contributed by atoms with van der Waals surface area (Å²) in [7, 11) is 1.36. The van der Waals surface area contributed by atoms with Crippen LogP contribution in [0.1, 0.15) is 0 Å². The van der Waals surface area contributed by atoms with Gasteiger partial charge in [0.1, 0.15) is 6.07 Å². The Hall–Kier alpha value is -2.75. The largest absolute Gasteiger partial charge is 0.341 e. The summed E-state index contributed by atoms with van der Waals surface area (Å²) in [5.74, 6) is -0.823. The Kier molecular flexibility index (Phi) is 4.99. The third kappa shape index (κ3) is 4.02. The van der Waals surface area contributed by atoms with Crippen molar-refractivity contribution in [2.45, 2.75) is 6.04 Å². The molecule has 0 bridgehead atoms. The molecule has 3 amide bonds. The van der Waals surface area contributed by atoms with Crippen LogP contribution in [0.5, 0.6) is 0 Å². The van der Waals surface area contributed by atoms with Crippen LogP contribution in [0.2, 0.25) is 0 Å². The summed E-state index contributed by atoms with van der Waals surface area (Å²) >= 11 is 0. The zero-order valence-corrected chi connectivity index (χ0v) is 9.62. The minimum absolute atomic E-state index is 0.519. The summed E-state index contributed by atoms with van der Waals surface area (Å²) in [6, 6.07) is 8.25. The lowest BCUT2D eigenvalue weighted by Gasteiger charge is -2.03. The van der Waals surface area contributed by atoms with E-state index in [0.717, 1.165) is 0 Å².